The standard InChI is InChI=1S/C16H24BrNO/c1-5-18-15(12-10-16(12,3)4)11-7-8-14(19-6-2)13(17)9-11/h7-9,12,15,18H,5-6,10H2,1-4H3. The average Bonchev–Trinajstić information content (AvgIpc) is 2.98. The van der Waals surface area contributed by atoms with Gasteiger partial charge in [-0.15, -0.1) is 0 Å². The van der Waals surface area contributed by atoms with Crippen LogP contribution in [0.4, 0.5) is 0 Å². The van der Waals surface area contributed by atoms with Crippen LogP contribution in [-0.4, -0.2) is 13.2 Å². The summed E-state index contributed by atoms with van der Waals surface area (Å²) in [7, 11) is 0. The monoisotopic (exact) mass is 325 g/mol. The third kappa shape index (κ3) is 3.32. The summed E-state index contributed by atoms with van der Waals surface area (Å²) in [5.41, 5.74) is 1.82. The molecule has 0 radical (unpaired) electrons. The molecule has 2 nitrogen and oxygen atoms in total. The third-order valence-electron chi connectivity index (χ3n) is 4.03. The summed E-state index contributed by atoms with van der Waals surface area (Å²) in [5.74, 6) is 1.66. The summed E-state index contributed by atoms with van der Waals surface area (Å²) in [6.45, 7) is 10.6. The Morgan fingerprint density at radius 1 is 1.42 bits per heavy atom. The third-order valence-corrected chi connectivity index (χ3v) is 4.65. The van der Waals surface area contributed by atoms with Gasteiger partial charge in [-0.05, 0) is 64.8 Å². The smallest absolute Gasteiger partial charge is 0.133 e. The lowest BCUT2D eigenvalue weighted by atomic mass is 9.97. The Bertz CT molecular complexity index is 444. The summed E-state index contributed by atoms with van der Waals surface area (Å²) in [5, 5.41) is 3.63. The van der Waals surface area contributed by atoms with Crippen molar-refractivity contribution in [2.45, 2.75) is 40.2 Å². The molecular weight excluding hydrogens is 302 g/mol. The summed E-state index contributed by atoms with van der Waals surface area (Å²) < 4.78 is 6.63. The molecular formula is C16H24BrNO. The van der Waals surface area contributed by atoms with Crippen molar-refractivity contribution in [1.29, 1.82) is 0 Å². The Balaban J connectivity index is 2.20. The number of nitrogens with one attached hydrogen (secondary N) is 1. The van der Waals surface area contributed by atoms with Crippen LogP contribution in [0.5, 0.6) is 5.75 Å². The topological polar surface area (TPSA) is 21.3 Å². The van der Waals surface area contributed by atoms with Crippen molar-refractivity contribution in [2.24, 2.45) is 11.3 Å². The molecule has 1 aliphatic rings. The van der Waals surface area contributed by atoms with E-state index >= 15 is 0 Å². The molecule has 0 saturated heterocycles. The van der Waals surface area contributed by atoms with Gasteiger partial charge in [0.25, 0.3) is 0 Å². The summed E-state index contributed by atoms with van der Waals surface area (Å²) >= 11 is 3.61. The highest BCUT2D eigenvalue weighted by molar-refractivity contribution is 9.10. The van der Waals surface area contributed by atoms with Gasteiger partial charge in [-0.2, -0.15) is 0 Å². The molecule has 1 aliphatic carbocycles. The first-order chi connectivity index (χ1) is 8.99. The average molecular weight is 326 g/mol. The Labute approximate surface area is 125 Å². The number of ether oxygens (including phenoxy) is 1. The largest absolute Gasteiger partial charge is 0.493 e. The van der Waals surface area contributed by atoms with E-state index in [0.29, 0.717) is 18.1 Å². The second-order valence-corrected chi connectivity index (χ2v) is 6.81. The quantitative estimate of drug-likeness (QED) is 0.828. The Hall–Kier alpha value is -0.540. The lowest BCUT2D eigenvalue weighted by Crippen LogP contribution is -2.24. The molecule has 1 fully saturated rings. The van der Waals surface area contributed by atoms with E-state index in [4.69, 9.17) is 4.74 Å². The molecule has 1 N–H and O–H groups in total. The summed E-state index contributed by atoms with van der Waals surface area (Å²) in [4.78, 5) is 0. The van der Waals surface area contributed by atoms with Crippen molar-refractivity contribution in [3.63, 3.8) is 0 Å². The van der Waals surface area contributed by atoms with Gasteiger partial charge in [-0.1, -0.05) is 26.8 Å². The molecule has 2 unspecified atom stereocenters. The number of hydrogen-bond donors (Lipinski definition) is 1. The molecule has 19 heavy (non-hydrogen) atoms. The zero-order chi connectivity index (χ0) is 14.0. The molecule has 0 amide bonds. The van der Waals surface area contributed by atoms with Crippen LogP contribution >= 0.6 is 15.9 Å². The maximum absolute atomic E-state index is 5.58. The van der Waals surface area contributed by atoms with Crippen LogP contribution in [-0.2, 0) is 0 Å². The van der Waals surface area contributed by atoms with Gasteiger partial charge in [0.05, 0.1) is 11.1 Å². The predicted octanol–water partition coefficient (Wildman–Crippen LogP) is 4.54. The van der Waals surface area contributed by atoms with E-state index in [-0.39, 0.29) is 0 Å². The van der Waals surface area contributed by atoms with Gasteiger partial charge in [0.1, 0.15) is 5.75 Å². The highest BCUT2D eigenvalue weighted by Crippen LogP contribution is 2.57. The van der Waals surface area contributed by atoms with Crippen LogP contribution in [0.2, 0.25) is 0 Å². The molecule has 0 aliphatic heterocycles. The molecule has 0 heterocycles. The van der Waals surface area contributed by atoms with Gasteiger partial charge in [-0.25, -0.2) is 0 Å². The van der Waals surface area contributed by atoms with Crippen LogP contribution in [0, 0.1) is 11.3 Å². The van der Waals surface area contributed by atoms with Gasteiger partial charge in [-0.3, -0.25) is 0 Å². The number of halogens is 1. The zero-order valence-electron chi connectivity index (χ0n) is 12.3. The van der Waals surface area contributed by atoms with Crippen LogP contribution < -0.4 is 10.1 Å². The van der Waals surface area contributed by atoms with Crippen LogP contribution in [0.1, 0.15) is 45.7 Å². The van der Waals surface area contributed by atoms with Crippen LogP contribution in [0.15, 0.2) is 22.7 Å². The SMILES string of the molecule is CCNC(c1ccc(OCC)c(Br)c1)C1CC1(C)C. The van der Waals surface area contributed by atoms with E-state index in [1.165, 1.54) is 12.0 Å². The molecule has 0 bridgehead atoms. The van der Waals surface area contributed by atoms with Gasteiger partial charge in [0, 0.05) is 6.04 Å². The number of rotatable bonds is 6. The molecule has 3 heteroatoms. The minimum atomic E-state index is 0.451. The zero-order valence-corrected chi connectivity index (χ0v) is 13.9. The van der Waals surface area contributed by atoms with Crippen molar-refractivity contribution in [1.82, 2.24) is 5.32 Å². The maximum atomic E-state index is 5.58. The summed E-state index contributed by atoms with van der Waals surface area (Å²) in [6, 6.07) is 6.92. The Morgan fingerprint density at radius 3 is 2.58 bits per heavy atom. The fourth-order valence-corrected chi connectivity index (χ4v) is 3.28. The van der Waals surface area contributed by atoms with Gasteiger partial charge >= 0.3 is 0 Å². The molecule has 1 aromatic rings. The number of hydrogen-bond acceptors (Lipinski definition) is 2. The van der Waals surface area contributed by atoms with Crippen molar-refractivity contribution in [3.8, 4) is 5.75 Å². The van der Waals surface area contributed by atoms with E-state index in [1.54, 1.807) is 0 Å². The molecule has 0 spiro atoms. The highest BCUT2D eigenvalue weighted by Gasteiger charge is 2.50. The normalized spacial score (nSPS) is 22.1. The first-order valence-corrected chi connectivity index (χ1v) is 7.94. The molecule has 1 saturated carbocycles. The van der Waals surface area contributed by atoms with Crippen molar-refractivity contribution in [2.75, 3.05) is 13.2 Å². The summed E-state index contributed by atoms with van der Waals surface area (Å²) in [6.07, 6.45) is 1.30. The minimum Gasteiger partial charge on any atom is -0.493 e. The second-order valence-electron chi connectivity index (χ2n) is 5.96. The van der Waals surface area contributed by atoms with E-state index < -0.39 is 0 Å². The Morgan fingerprint density at radius 2 is 2.11 bits per heavy atom. The van der Waals surface area contributed by atoms with Crippen molar-refractivity contribution in [3.05, 3.63) is 28.2 Å². The maximum Gasteiger partial charge on any atom is 0.133 e. The Kier molecular flexibility index (Phi) is 4.57. The van der Waals surface area contributed by atoms with E-state index in [1.807, 2.05) is 6.92 Å². The molecule has 2 rings (SSSR count). The fraction of sp³-hybridized carbons (Fsp3) is 0.625. The van der Waals surface area contributed by atoms with Crippen molar-refractivity contribution >= 4 is 15.9 Å². The molecule has 0 aromatic heterocycles. The van der Waals surface area contributed by atoms with E-state index in [9.17, 15) is 0 Å². The molecule has 1 aromatic carbocycles. The fourth-order valence-electron chi connectivity index (χ4n) is 2.77. The second kappa shape index (κ2) is 5.84. The first-order valence-electron chi connectivity index (χ1n) is 7.15. The van der Waals surface area contributed by atoms with E-state index in [0.717, 1.165) is 22.7 Å². The van der Waals surface area contributed by atoms with Crippen LogP contribution in [0.3, 0.4) is 0 Å². The number of benzene rings is 1. The molecule has 106 valence electrons. The van der Waals surface area contributed by atoms with Crippen LogP contribution in [0.25, 0.3) is 0 Å². The first kappa shape index (κ1) is 14.9. The minimum absolute atomic E-state index is 0.451. The predicted molar refractivity (Wildman–Crippen MR) is 83.6 cm³/mol. The van der Waals surface area contributed by atoms with Gasteiger partial charge < -0.3 is 10.1 Å². The lowest BCUT2D eigenvalue weighted by molar-refractivity contribution is 0.337. The molecule has 2 atom stereocenters. The van der Waals surface area contributed by atoms with Gasteiger partial charge in [0.2, 0.25) is 0 Å². The van der Waals surface area contributed by atoms with Gasteiger partial charge in [0.15, 0.2) is 0 Å². The highest BCUT2D eigenvalue weighted by atomic mass is 79.9. The van der Waals surface area contributed by atoms with E-state index in [2.05, 4.69) is 60.2 Å². The lowest BCUT2D eigenvalue weighted by Gasteiger charge is -2.21. The van der Waals surface area contributed by atoms with Crippen molar-refractivity contribution < 1.29 is 4.74 Å².